The number of amidine groups is 1. The Hall–Kier alpha value is -3.48. The average Bonchev–Trinajstić information content (AvgIpc) is 3.13. The minimum atomic E-state index is 0.676. The second-order valence-electron chi connectivity index (χ2n) is 5.43. The number of hydrogen-bond donors (Lipinski definition) is 3. The smallest absolute Gasteiger partial charge is 0.154 e. The molecule has 0 spiro atoms. The van der Waals surface area contributed by atoms with E-state index in [9.17, 15) is 0 Å². The fourth-order valence-electron chi connectivity index (χ4n) is 2.59. The highest BCUT2D eigenvalue weighted by Gasteiger charge is 2.20. The van der Waals surface area contributed by atoms with Gasteiger partial charge in [-0.2, -0.15) is 9.89 Å². The second kappa shape index (κ2) is 9.28. The Labute approximate surface area is 160 Å². The van der Waals surface area contributed by atoms with E-state index in [0.717, 1.165) is 28.3 Å². The van der Waals surface area contributed by atoms with Crippen LogP contribution in [0.3, 0.4) is 0 Å². The van der Waals surface area contributed by atoms with Crippen molar-refractivity contribution in [3.63, 3.8) is 0 Å². The molecule has 0 saturated carbocycles. The molecule has 1 aromatic carbocycles. The summed E-state index contributed by atoms with van der Waals surface area (Å²) in [5, 5.41) is 10.5. The highest BCUT2D eigenvalue weighted by molar-refractivity contribution is 6.09. The quantitative estimate of drug-likeness (QED) is 0.717. The number of rotatable bonds is 4. The van der Waals surface area contributed by atoms with Gasteiger partial charge in [0.2, 0.25) is 0 Å². The Morgan fingerprint density at radius 2 is 2.00 bits per heavy atom. The molecular weight excluding hydrogens is 338 g/mol. The minimum Gasteiger partial charge on any atom is -0.388 e. The maximum Gasteiger partial charge on any atom is 0.154 e. The van der Waals surface area contributed by atoms with Crippen LogP contribution in [0.15, 0.2) is 72.4 Å². The van der Waals surface area contributed by atoms with Gasteiger partial charge in [-0.1, -0.05) is 32.6 Å². The molecule has 1 aliphatic heterocycles. The Balaban J connectivity index is 0.00000126. The van der Waals surface area contributed by atoms with Gasteiger partial charge in [0.15, 0.2) is 5.84 Å². The minimum absolute atomic E-state index is 0.676. The van der Waals surface area contributed by atoms with E-state index in [0.29, 0.717) is 5.84 Å². The molecular formula is C20H27N7. The van der Waals surface area contributed by atoms with Crippen molar-refractivity contribution in [2.24, 2.45) is 4.99 Å². The van der Waals surface area contributed by atoms with E-state index in [1.54, 1.807) is 18.6 Å². The van der Waals surface area contributed by atoms with E-state index < -0.39 is 0 Å². The zero-order chi connectivity index (χ0) is 19.8. The maximum atomic E-state index is 5.67. The SMILES string of the molecule is C=C1C(Nc2cccc(NC)c2)=NC=CN1/C(=C\C)c1cnn(N)c1.CC. The van der Waals surface area contributed by atoms with Crippen molar-refractivity contribution in [2.75, 3.05) is 23.5 Å². The molecule has 142 valence electrons. The van der Waals surface area contributed by atoms with Crippen LogP contribution in [-0.2, 0) is 0 Å². The van der Waals surface area contributed by atoms with Gasteiger partial charge in [0, 0.05) is 36.4 Å². The van der Waals surface area contributed by atoms with Gasteiger partial charge in [0.05, 0.1) is 23.8 Å². The van der Waals surface area contributed by atoms with Crippen LogP contribution in [0, 0.1) is 0 Å². The van der Waals surface area contributed by atoms with Crippen molar-refractivity contribution in [1.29, 1.82) is 0 Å². The summed E-state index contributed by atoms with van der Waals surface area (Å²) >= 11 is 0. The topological polar surface area (TPSA) is 83.5 Å². The zero-order valence-electron chi connectivity index (χ0n) is 16.3. The van der Waals surface area contributed by atoms with Gasteiger partial charge in [-0.05, 0) is 25.1 Å². The first-order valence-electron chi connectivity index (χ1n) is 8.86. The van der Waals surface area contributed by atoms with E-state index in [4.69, 9.17) is 5.84 Å². The van der Waals surface area contributed by atoms with Gasteiger partial charge in [-0.25, -0.2) is 4.99 Å². The molecule has 2 aromatic rings. The summed E-state index contributed by atoms with van der Waals surface area (Å²) < 4.78 is 0. The lowest BCUT2D eigenvalue weighted by Crippen LogP contribution is -2.28. The van der Waals surface area contributed by atoms with Crippen LogP contribution in [0.1, 0.15) is 26.3 Å². The van der Waals surface area contributed by atoms with E-state index >= 15 is 0 Å². The van der Waals surface area contributed by atoms with Crippen LogP contribution in [0.4, 0.5) is 11.4 Å². The van der Waals surface area contributed by atoms with Gasteiger partial charge in [-0.3, -0.25) is 0 Å². The number of nitrogens with zero attached hydrogens (tertiary/aromatic N) is 4. The number of nitrogens with one attached hydrogen (secondary N) is 2. The van der Waals surface area contributed by atoms with Gasteiger partial charge < -0.3 is 21.4 Å². The predicted octanol–water partition coefficient (Wildman–Crippen LogP) is 3.84. The molecule has 0 radical (unpaired) electrons. The molecule has 7 heteroatoms. The van der Waals surface area contributed by atoms with Crippen molar-refractivity contribution in [3.8, 4) is 0 Å². The Kier molecular flexibility index (Phi) is 6.82. The van der Waals surface area contributed by atoms with Gasteiger partial charge in [0.25, 0.3) is 0 Å². The van der Waals surface area contributed by atoms with Crippen LogP contribution in [-0.4, -0.2) is 27.7 Å². The van der Waals surface area contributed by atoms with E-state index in [1.807, 2.05) is 69.3 Å². The number of nitrogen functional groups attached to an aromatic ring is 1. The van der Waals surface area contributed by atoms with Crippen molar-refractivity contribution in [1.82, 2.24) is 14.8 Å². The molecule has 1 aliphatic rings. The molecule has 1 aromatic heterocycles. The molecule has 7 nitrogen and oxygen atoms in total. The van der Waals surface area contributed by atoms with Crippen molar-refractivity contribution in [2.45, 2.75) is 20.8 Å². The molecule has 0 amide bonds. The normalized spacial score (nSPS) is 13.6. The maximum absolute atomic E-state index is 5.67. The third kappa shape index (κ3) is 4.58. The van der Waals surface area contributed by atoms with Crippen LogP contribution in [0.25, 0.3) is 5.70 Å². The molecule has 0 fully saturated rings. The molecule has 0 bridgehead atoms. The van der Waals surface area contributed by atoms with Gasteiger partial charge in [0.1, 0.15) is 0 Å². The molecule has 0 atom stereocenters. The largest absolute Gasteiger partial charge is 0.388 e. The predicted molar refractivity (Wildman–Crippen MR) is 115 cm³/mol. The summed E-state index contributed by atoms with van der Waals surface area (Å²) in [7, 11) is 1.89. The number of anilines is 2. The lowest BCUT2D eigenvalue weighted by atomic mass is 10.2. The summed E-state index contributed by atoms with van der Waals surface area (Å²) in [6.45, 7) is 10.1. The lowest BCUT2D eigenvalue weighted by Gasteiger charge is -2.28. The fourth-order valence-corrected chi connectivity index (χ4v) is 2.59. The van der Waals surface area contributed by atoms with E-state index in [1.165, 1.54) is 4.79 Å². The standard InChI is InChI=1S/C18H21N7.C2H6/c1-4-17(14-11-22-25(19)12-14)24-9-8-21-18(13(24)2)23-16-7-5-6-15(10-16)20-3;1-2/h4-12,20H,2,19H2,1,3H3,(H,21,23);1-2H3/b17-4-;. The third-order valence-electron chi connectivity index (χ3n) is 3.83. The highest BCUT2D eigenvalue weighted by atomic mass is 15.5. The van der Waals surface area contributed by atoms with Crippen LogP contribution >= 0.6 is 0 Å². The van der Waals surface area contributed by atoms with Crippen molar-refractivity contribution < 1.29 is 0 Å². The number of hydrogen-bond acceptors (Lipinski definition) is 6. The lowest BCUT2D eigenvalue weighted by molar-refractivity contribution is 0.683. The van der Waals surface area contributed by atoms with Crippen LogP contribution < -0.4 is 16.5 Å². The summed E-state index contributed by atoms with van der Waals surface area (Å²) in [5.41, 5.74) is 4.50. The second-order valence-corrected chi connectivity index (χ2v) is 5.43. The monoisotopic (exact) mass is 365 g/mol. The van der Waals surface area contributed by atoms with Crippen LogP contribution in [0.2, 0.25) is 0 Å². The summed E-state index contributed by atoms with van der Waals surface area (Å²) in [4.78, 5) is 7.65. The molecule has 0 unspecified atom stereocenters. The number of allylic oxidation sites excluding steroid dienone is 1. The summed E-state index contributed by atoms with van der Waals surface area (Å²) in [6, 6.07) is 7.96. The molecule has 0 saturated heterocycles. The first-order chi connectivity index (χ1) is 13.1. The first-order valence-corrected chi connectivity index (χ1v) is 8.86. The summed E-state index contributed by atoms with van der Waals surface area (Å²) in [6.07, 6.45) is 9.05. The van der Waals surface area contributed by atoms with E-state index in [-0.39, 0.29) is 0 Å². The van der Waals surface area contributed by atoms with Gasteiger partial charge >= 0.3 is 0 Å². The Morgan fingerprint density at radius 3 is 2.63 bits per heavy atom. The number of aromatic nitrogens is 2. The Bertz CT molecular complexity index is 874. The van der Waals surface area contributed by atoms with E-state index in [2.05, 4.69) is 27.3 Å². The molecule has 2 heterocycles. The number of aliphatic imine (C=N–C) groups is 1. The summed E-state index contributed by atoms with van der Waals surface area (Å²) in [5.74, 6) is 6.35. The molecule has 27 heavy (non-hydrogen) atoms. The van der Waals surface area contributed by atoms with Crippen molar-refractivity contribution >= 4 is 22.9 Å². The fraction of sp³-hybridized carbons (Fsp3) is 0.200. The average molecular weight is 365 g/mol. The number of benzene rings is 1. The zero-order valence-corrected chi connectivity index (χ0v) is 16.3. The molecule has 3 rings (SSSR count). The van der Waals surface area contributed by atoms with Gasteiger partial charge in [-0.15, -0.1) is 0 Å². The third-order valence-corrected chi connectivity index (χ3v) is 3.83. The van der Waals surface area contributed by atoms with Crippen molar-refractivity contribution in [3.05, 3.63) is 73.0 Å². The first kappa shape index (κ1) is 19.8. The Morgan fingerprint density at radius 1 is 1.26 bits per heavy atom. The molecule has 4 N–H and O–H groups in total. The molecule has 0 aliphatic carbocycles. The highest BCUT2D eigenvalue weighted by Crippen LogP contribution is 2.26. The number of nitrogens with two attached hydrogens (primary N) is 1. The van der Waals surface area contributed by atoms with Crippen LogP contribution in [0.5, 0.6) is 0 Å².